The molecule has 166 valence electrons. The third kappa shape index (κ3) is 5.02. The Hall–Kier alpha value is -2.16. The van der Waals surface area contributed by atoms with Crippen molar-refractivity contribution in [3.8, 4) is 0 Å². The molecular formula is C22H27ClN4O3S. The Bertz CT molecular complexity index is 1030. The van der Waals surface area contributed by atoms with Crippen molar-refractivity contribution in [2.45, 2.75) is 43.4 Å². The van der Waals surface area contributed by atoms with Crippen molar-refractivity contribution in [3.05, 3.63) is 47.1 Å². The van der Waals surface area contributed by atoms with Crippen LogP contribution in [0.4, 0.5) is 11.5 Å². The molecule has 2 fully saturated rings. The number of amides is 1. The standard InChI is InChI=1S/C22H27ClN4O3S/c23-18-8-10-21(24-16-18)25-22(28)17-7-9-19(26-11-3-1-4-12-26)20(15-17)31(29,30)27-13-5-2-6-14-27/h7-10,15-16H,1-6,11-14H2,(H,24,25,28). The van der Waals surface area contributed by atoms with E-state index in [4.69, 9.17) is 11.6 Å². The Balaban J connectivity index is 1.68. The van der Waals surface area contributed by atoms with Crippen LogP contribution in [0.15, 0.2) is 41.4 Å². The fourth-order valence-electron chi connectivity index (χ4n) is 4.14. The summed E-state index contributed by atoms with van der Waals surface area (Å²) >= 11 is 5.85. The van der Waals surface area contributed by atoms with Crippen LogP contribution in [0.1, 0.15) is 48.9 Å². The van der Waals surface area contributed by atoms with Gasteiger partial charge in [0, 0.05) is 37.9 Å². The van der Waals surface area contributed by atoms with Crippen molar-refractivity contribution in [1.29, 1.82) is 0 Å². The first-order chi connectivity index (χ1) is 14.9. The monoisotopic (exact) mass is 462 g/mol. The van der Waals surface area contributed by atoms with E-state index in [9.17, 15) is 13.2 Å². The zero-order valence-electron chi connectivity index (χ0n) is 17.4. The third-order valence-corrected chi connectivity index (χ3v) is 7.97. The molecule has 3 heterocycles. The summed E-state index contributed by atoms with van der Waals surface area (Å²) in [7, 11) is -3.70. The average molecular weight is 463 g/mol. The third-order valence-electron chi connectivity index (χ3n) is 5.82. The summed E-state index contributed by atoms with van der Waals surface area (Å²) < 4.78 is 28.7. The molecule has 0 atom stereocenters. The number of nitrogens with zero attached hydrogens (tertiary/aromatic N) is 3. The number of nitrogens with one attached hydrogen (secondary N) is 1. The molecule has 9 heteroatoms. The molecule has 1 aromatic carbocycles. The van der Waals surface area contributed by atoms with Crippen molar-refractivity contribution < 1.29 is 13.2 Å². The van der Waals surface area contributed by atoms with E-state index in [2.05, 4.69) is 15.2 Å². The number of hydrogen-bond donors (Lipinski definition) is 1. The van der Waals surface area contributed by atoms with Gasteiger partial charge in [0.25, 0.3) is 5.91 Å². The Morgan fingerprint density at radius 2 is 1.61 bits per heavy atom. The first-order valence-electron chi connectivity index (χ1n) is 10.8. The van der Waals surface area contributed by atoms with Crippen molar-refractivity contribution in [2.24, 2.45) is 0 Å². The molecule has 2 aromatic rings. The molecule has 4 rings (SSSR count). The fourth-order valence-corrected chi connectivity index (χ4v) is 6.01. The van der Waals surface area contributed by atoms with Gasteiger partial charge >= 0.3 is 0 Å². The van der Waals surface area contributed by atoms with Gasteiger partial charge in [-0.25, -0.2) is 13.4 Å². The average Bonchev–Trinajstić information content (AvgIpc) is 2.81. The molecule has 0 unspecified atom stereocenters. The molecule has 31 heavy (non-hydrogen) atoms. The molecule has 1 aromatic heterocycles. The molecule has 0 spiro atoms. The van der Waals surface area contributed by atoms with E-state index < -0.39 is 15.9 Å². The number of piperidine rings is 2. The number of aromatic nitrogens is 1. The van der Waals surface area contributed by atoms with Crippen LogP contribution in [-0.4, -0.2) is 49.8 Å². The van der Waals surface area contributed by atoms with E-state index in [0.29, 0.717) is 29.6 Å². The summed E-state index contributed by atoms with van der Waals surface area (Å²) in [5.41, 5.74) is 0.972. The Kier molecular flexibility index (Phi) is 6.79. The van der Waals surface area contributed by atoms with E-state index in [1.807, 2.05) is 0 Å². The maximum atomic E-state index is 13.6. The van der Waals surface area contributed by atoms with Gasteiger partial charge < -0.3 is 10.2 Å². The van der Waals surface area contributed by atoms with Gasteiger partial charge in [-0.05, 0) is 62.4 Å². The summed E-state index contributed by atoms with van der Waals surface area (Å²) in [6.45, 7) is 2.69. The normalized spacial score (nSPS) is 18.0. The highest BCUT2D eigenvalue weighted by Crippen LogP contribution is 2.32. The van der Waals surface area contributed by atoms with Gasteiger partial charge in [0.2, 0.25) is 10.0 Å². The summed E-state index contributed by atoms with van der Waals surface area (Å²) in [6.07, 6.45) is 7.44. The number of anilines is 2. The highest BCUT2D eigenvalue weighted by molar-refractivity contribution is 7.89. The number of sulfonamides is 1. The maximum Gasteiger partial charge on any atom is 0.256 e. The highest BCUT2D eigenvalue weighted by Gasteiger charge is 2.31. The molecule has 0 bridgehead atoms. The Morgan fingerprint density at radius 1 is 0.935 bits per heavy atom. The van der Waals surface area contributed by atoms with Crippen LogP contribution in [0.25, 0.3) is 0 Å². The molecule has 2 aliphatic heterocycles. The highest BCUT2D eigenvalue weighted by atomic mass is 35.5. The molecule has 0 aliphatic carbocycles. The number of carbonyl (C=O) groups excluding carboxylic acids is 1. The second-order valence-corrected chi connectivity index (χ2v) is 10.4. The molecule has 0 radical (unpaired) electrons. The van der Waals surface area contributed by atoms with Gasteiger partial charge in [0.15, 0.2) is 0 Å². The van der Waals surface area contributed by atoms with Crippen LogP contribution in [0.5, 0.6) is 0 Å². The lowest BCUT2D eigenvalue weighted by atomic mass is 10.1. The van der Waals surface area contributed by atoms with Crippen molar-refractivity contribution in [2.75, 3.05) is 36.4 Å². The van der Waals surface area contributed by atoms with Crippen LogP contribution in [0, 0.1) is 0 Å². The summed E-state index contributed by atoms with van der Waals surface area (Å²) in [5.74, 6) is -0.0509. The quantitative estimate of drug-likeness (QED) is 0.721. The van der Waals surface area contributed by atoms with E-state index in [-0.39, 0.29) is 10.5 Å². The molecule has 1 N–H and O–H groups in total. The zero-order valence-corrected chi connectivity index (χ0v) is 19.0. The van der Waals surface area contributed by atoms with Crippen LogP contribution in [0.3, 0.4) is 0 Å². The smallest absolute Gasteiger partial charge is 0.256 e. The summed E-state index contributed by atoms with van der Waals surface area (Å²) in [4.78, 5) is 19.3. The molecule has 1 amide bonds. The van der Waals surface area contributed by atoms with Gasteiger partial charge in [-0.1, -0.05) is 18.0 Å². The van der Waals surface area contributed by atoms with Crippen LogP contribution in [-0.2, 0) is 10.0 Å². The second-order valence-electron chi connectivity index (χ2n) is 8.01. The number of hydrogen-bond acceptors (Lipinski definition) is 5. The number of benzene rings is 1. The summed E-state index contributed by atoms with van der Waals surface area (Å²) in [6, 6.07) is 8.21. The molecule has 2 aliphatic rings. The predicted molar refractivity (Wildman–Crippen MR) is 122 cm³/mol. The van der Waals surface area contributed by atoms with E-state index in [1.165, 1.54) is 12.3 Å². The van der Waals surface area contributed by atoms with Crippen LogP contribution in [0.2, 0.25) is 5.02 Å². The van der Waals surface area contributed by atoms with Gasteiger partial charge in [-0.3, -0.25) is 4.79 Å². The van der Waals surface area contributed by atoms with Gasteiger partial charge in [0.05, 0.1) is 10.7 Å². The SMILES string of the molecule is O=C(Nc1ccc(Cl)cn1)c1ccc(N2CCCCC2)c(S(=O)(=O)N2CCCCC2)c1. The number of rotatable bonds is 5. The first kappa shape index (κ1) is 22.0. The van der Waals surface area contributed by atoms with E-state index >= 15 is 0 Å². The van der Waals surface area contributed by atoms with Crippen LogP contribution >= 0.6 is 11.6 Å². The minimum absolute atomic E-state index is 0.216. The minimum atomic E-state index is -3.70. The lowest BCUT2D eigenvalue weighted by Crippen LogP contribution is -2.37. The lowest BCUT2D eigenvalue weighted by molar-refractivity contribution is 0.102. The summed E-state index contributed by atoms with van der Waals surface area (Å²) in [5, 5.41) is 3.18. The minimum Gasteiger partial charge on any atom is -0.370 e. The Morgan fingerprint density at radius 3 is 2.26 bits per heavy atom. The maximum absolute atomic E-state index is 13.6. The largest absolute Gasteiger partial charge is 0.370 e. The lowest BCUT2D eigenvalue weighted by Gasteiger charge is -2.33. The molecule has 0 saturated carbocycles. The topological polar surface area (TPSA) is 82.6 Å². The van der Waals surface area contributed by atoms with E-state index in [0.717, 1.165) is 51.6 Å². The zero-order chi connectivity index (χ0) is 21.8. The van der Waals surface area contributed by atoms with Crippen molar-refractivity contribution in [3.63, 3.8) is 0 Å². The van der Waals surface area contributed by atoms with Gasteiger partial charge in [-0.15, -0.1) is 0 Å². The van der Waals surface area contributed by atoms with Crippen LogP contribution < -0.4 is 10.2 Å². The number of pyridine rings is 1. The first-order valence-corrected chi connectivity index (χ1v) is 12.6. The van der Waals surface area contributed by atoms with Crippen molar-refractivity contribution in [1.82, 2.24) is 9.29 Å². The molecular weight excluding hydrogens is 436 g/mol. The molecule has 2 saturated heterocycles. The fraction of sp³-hybridized carbons (Fsp3) is 0.455. The number of carbonyl (C=O) groups is 1. The van der Waals surface area contributed by atoms with Gasteiger partial charge in [-0.2, -0.15) is 4.31 Å². The number of halogens is 1. The Labute approximate surface area is 188 Å². The van der Waals surface area contributed by atoms with Gasteiger partial charge in [0.1, 0.15) is 10.7 Å². The predicted octanol–water partition coefficient (Wildman–Crippen LogP) is 4.15. The molecule has 7 nitrogen and oxygen atoms in total. The second kappa shape index (κ2) is 9.54. The van der Waals surface area contributed by atoms with Crippen molar-refractivity contribution >= 4 is 39.0 Å². The van der Waals surface area contributed by atoms with E-state index in [1.54, 1.807) is 28.6 Å².